The highest BCUT2D eigenvalue weighted by atomic mass is 32.2. The van der Waals surface area contributed by atoms with Crippen molar-refractivity contribution in [2.75, 3.05) is 11.6 Å². The molecule has 0 aromatic heterocycles. The lowest BCUT2D eigenvalue weighted by atomic mass is 10.1. The lowest BCUT2D eigenvalue weighted by Gasteiger charge is -1.96. The largest absolute Gasteiger partial charge is 0.277 e. The molecule has 0 N–H and O–H groups in total. The Balaban J connectivity index is 2.29. The maximum Gasteiger partial charge on any atom is 0.0851 e. The summed E-state index contributed by atoms with van der Waals surface area (Å²) in [5, 5.41) is 0. The molecule has 0 saturated heterocycles. The third-order valence-corrected chi connectivity index (χ3v) is 2.48. The molecule has 0 spiro atoms. The molecule has 2 heteroatoms. The smallest absolute Gasteiger partial charge is 0.0851 e. The molecular formula is C9H9NS. The highest BCUT2D eigenvalue weighted by Gasteiger charge is 2.07. The van der Waals surface area contributed by atoms with E-state index >= 15 is 0 Å². The minimum atomic E-state index is 0.935. The fraction of sp³-hybridized carbons (Fsp3) is 0.222. The third kappa shape index (κ3) is 1.46. The average Bonchev–Trinajstić information content (AvgIpc) is 2.58. The summed E-state index contributed by atoms with van der Waals surface area (Å²) in [6.45, 7) is 0. The van der Waals surface area contributed by atoms with Gasteiger partial charge in [-0.2, -0.15) is 0 Å². The summed E-state index contributed by atoms with van der Waals surface area (Å²) in [6, 6.07) is 10.4. The van der Waals surface area contributed by atoms with Crippen molar-refractivity contribution in [3.8, 4) is 0 Å². The molecule has 1 heterocycles. The van der Waals surface area contributed by atoms with E-state index in [9.17, 15) is 0 Å². The van der Waals surface area contributed by atoms with Crippen molar-refractivity contribution in [1.29, 1.82) is 0 Å². The predicted octanol–water partition coefficient (Wildman–Crippen LogP) is 2.18. The van der Waals surface area contributed by atoms with Gasteiger partial charge >= 0.3 is 0 Å². The van der Waals surface area contributed by atoms with E-state index in [0.29, 0.717) is 0 Å². The average molecular weight is 163 g/mol. The van der Waals surface area contributed by atoms with Crippen LogP contribution in [0.15, 0.2) is 35.3 Å². The number of thioether (sulfide) groups is 1. The van der Waals surface area contributed by atoms with Crippen LogP contribution in [0, 0.1) is 0 Å². The molecule has 0 amide bonds. The lowest BCUT2D eigenvalue weighted by Crippen LogP contribution is -1.98. The van der Waals surface area contributed by atoms with E-state index in [0.717, 1.165) is 11.6 Å². The molecule has 11 heavy (non-hydrogen) atoms. The van der Waals surface area contributed by atoms with Crippen LogP contribution >= 0.6 is 11.8 Å². The highest BCUT2D eigenvalue weighted by Crippen LogP contribution is 2.15. The Kier molecular flexibility index (Phi) is 1.95. The van der Waals surface area contributed by atoms with Gasteiger partial charge in [0.2, 0.25) is 0 Å². The second-order valence-corrected chi connectivity index (χ2v) is 3.40. The summed E-state index contributed by atoms with van der Waals surface area (Å²) in [6.07, 6.45) is 0. The van der Waals surface area contributed by atoms with E-state index in [1.54, 1.807) is 0 Å². The summed E-state index contributed by atoms with van der Waals surface area (Å²) >= 11 is 1.87. The Hall–Kier alpha value is -0.760. The van der Waals surface area contributed by atoms with E-state index in [2.05, 4.69) is 29.3 Å². The zero-order valence-corrected chi connectivity index (χ0v) is 6.97. The molecule has 0 radical (unpaired) electrons. The quantitative estimate of drug-likeness (QED) is 0.618. The van der Waals surface area contributed by atoms with E-state index in [4.69, 9.17) is 0 Å². The van der Waals surface area contributed by atoms with E-state index in [1.807, 2.05) is 17.8 Å². The van der Waals surface area contributed by atoms with Crippen LogP contribution in [0.25, 0.3) is 0 Å². The van der Waals surface area contributed by atoms with Crippen LogP contribution in [-0.4, -0.2) is 17.3 Å². The van der Waals surface area contributed by atoms with Gasteiger partial charge in [-0.15, -0.1) is 11.8 Å². The fourth-order valence-corrected chi connectivity index (χ4v) is 1.91. The zero-order valence-electron chi connectivity index (χ0n) is 6.16. The number of nitrogens with zero attached hydrogens (tertiary/aromatic N) is 1. The van der Waals surface area contributed by atoms with Gasteiger partial charge in [0.1, 0.15) is 0 Å². The topological polar surface area (TPSA) is 12.4 Å². The summed E-state index contributed by atoms with van der Waals surface area (Å²) in [7, 11) is 0. The summed E-state index contributed by atoms with van der Waals surface area (Å²) in [5.41, 5.74) is 2.52. The molecule has 56 valence electrons. The molecule has 0 saturated carbocycles. The van der Waals surface area contributed by atoms with Gasteiger partial charge < -0.3 is 0 Å². The summed E-state index contributed by atoms with van der Waals surface area (Å²) in [4.78, 5) is 4.39. The molecule has 0 fully saturated rings. The third-order valence-electron chi connectivity index (χ3n) is 1.69. The van der Waals surface area contributed by atoms with Gasteiger partial charge in [0, 0.05) is 5.75 Å². The van der Waals surface area contributed by atoms with Gasteiger partial charge in [-0.3, -0.25) is 4.99 Å². The lowest BCUT2D eigenvalue weighted by molar-refractivity contribution is 1.39. The Morgan fingerprint density at radius 2 is 2.00 bits per heavy atom. The second-order valence-electron chi connectivity index (χ2n) is 2.45. The Morgan fingerprint density at radius 3 is 2.64 bits per heavy atom. The predicted molar refractivity (Wildman–Crippen MR) is 50.3 cm³/mol. The van der Waals surface area contributed by atoms with Gasteiger partial charge in [0.15, 0.2) is 0 Å². The number of rotatable bonds is 1. The first-order valence-electron chi connectivity index (χ1n) is 3.63. The van der Waals surface area contributed by atoms with E-state index in [1.165, 1.54) is 11.3 Å². The van der Waals surface area contributed by atoms with Crippen molar-refractivity contribution in [3.05, 3.63) is 35.9 Å². The van der Waals surface area contributed by atoms with Crippen molar-refractivity contribution in [2.24, 2.45) is 4.99 Å². The van der Waals surface area contributed by atoms with Crippen molar-refractivity contribution >= 4 is 17.5 Å². The number of hydrogen-bond acceptors (Lipinski definition) is 2. The number of benzene rings is 1. The summed E-state index contributed by atoms with van der Waals surface area (Å²) in [5.74, 6) is 2.01. The highest BCUT2D eigenvalue weighted by molar-refractivity contribution is 8.00. The molecule has 0 aliphatic carbocycles. The van der Waals surface area contributed by atoms with Gasteiger partial charge in [0.05, 0.1) is 11.6 Å². The molecule has 1 aliphatic rings. The first kappa shape index (κ1) is 6.92. The monoisotopic (exact) mass is 163 g/mol. The normalized spacial score (nSPS) is 16.5. The minimum absolute atomic E-state index is 0.935. The van der Waals surface area contributed by atoms with Crippen LogP contribution in [0.3, 0.4) is 0 Å². The molecule has 1 aromatic rings. The van der Waals surface area contributed by atoms with Gasteiger partial charge in [-0.1, -0.05) is 30.3 Å². The molecule has 0 unspecified atom stereocenters. The standard InChI is InChI=1S/C9H9NS/c1-2-4-8(5-3-1)9-6-11-7-10-9/h1-5H,6-7H2. The van der Waals surface area contributed by atoms with Gasteiger partial charge in [-0.05, 0) is 5.56 Å². The van der Waals surface area contributed by atoms with Crippen LogP contribution in [-0.2, 0) is 0 Å². The molecule has 0 atom stereocenters. The van der Waals surface area contributed by atoms with Crippen LogP contribution in [0.2, 0.25) is 0 Å². The van der Waals surface area contributed by atoms with Crippen LogP contribution in [0.1, 0.15) is 5.56 Å². The van der Waals surface area contributed by atoms with E-state index < -0.39 is 0 Å². The van der Waals surface area contributed by atoms with Crippen LogP contribution in [0.5, 0.6) is 0 Å². The molecule has 1 nitrogen and oxygen atoms in total. The fourth-order valence-electron chi connectivity index (χ4n) is 1.12. The van der Waals surface area contributed by atoms with Crippen LogP contribution < -0.4 is 0 Å². The minimum Gasteiger partial charge on any atom is -0.277 e. The Morgan fingerprint density at radius 1 is 1.18 bits per heavy atom. The van der Waals surface area contributed by atoms with E-state index in [-0.39, 0.29) is 0 Å². The molecule has 2 rings (SSSR count). The Labute approximate surface area is 70.5 Å². The maximum absolute atomic E-state index is 4.39. The molecule has 1 aliphatic heterocycles. The maximum atomic E-state index is 4.39. The van der Waals surface area contributed by atoms with Gasteiger partial charge in [-0.25, -0.2) is 0 Å². The number of aliphatic imine (C=N–C) groups is 1. The molecular weight excluding hydrogens is 154 g/mol. The van der Waals surface area contributed by atoms with Crippen molar-refractivity contribution in [2.45, 2.75) is 0 Å². The van der Waals surface area contributed by atoms with Crippen molar-refractivity contribution in [1.82, 2.24) is 0 Å². The molecule has 1 aromatic carbocycles. The second kappa shape index (κ2) is 3.09. The molecule has 0 bridgehead atoms. The first-order valence-corrected chi connectivity index (χ1v) is 4.79. The van der Waals surface area contributed by atoms with Gasteiger partial charge in [0.25, 0.3) is 0 Å². The zero-order chi connectivity index (χ0) is 7.52. The number of hydrogen-bond donors (Lipinski definition) is 0. The van der Waals surface area contributed by atoms with Crippen molar-refractivity contribution in [3.63, 3.8) is 0 Å². The Bertz CT molecular complexity index is 266. The van der Waals surface area contributed by atoms with Crippen molar-refractivity contribution < 1.29 is 0 Å². The first-order chi connectivity index (χ1) is 5.47. The summed E-state index contributed by atoms with van der Waals surface area (Å²) < 4.78 is 0. The van der Waals surface area contributed by atoms with Crippen LogP contribution in [0.4, 0.5) is 0 Å². The SMILES string of the molecule is c1ccc(C2=NCSC2)cc1.